The number of likely N-dealkylation sites (tertiary alicyclic amines) is 1. The number of amides is 15. The van der Waals surface area contributed by atoms with E-state index in [1.807, 2.05) is 0 Å². The summed E-state index contributed by atoms with van der Waals surface area (Å²) in [5, 5.41) is 81.9. The molecule has 0 unspecified atom stereocenters. The number of β-amino-alcohol motifs (C(OH)–C–C–N with tert-alkyl or cyclic N) is 1. The standard InChI is InChI=1S/C83H134N22O25/c1-54(109)25-26-61(83(126)105-46-58(111)43-67(105)55(2)110)95-78(121)62(41-56-21-17-16-18-22-56)91-73(116)47-104(34-33-103(3)4)82(125)63(42-57-44-86-53-90-57)96-76(119)59(27-29-68(84)112)94-80(123)65(49-107)98-81(124)66(50-108)97-77(120)60(28-30-69(85)113)93-79(122)64(48-106)92-72(115)45-89-75(118)52-130-40-38-128-36-32-88-74(117)51-129-39-37-127-35-31-87-71(114)24-20-15-13-11-9-7-5-6-8-10-12-14-19-23-70-99-101-102-100-70/h16-18,21-22,44,53,58-67,106-108,111H,5-15,19-20,23-43,45-52H2,1-4H3,(H2,84,112)(H2,85,113)(H,86,90)(H,87,114)(H,88,117)(H,89,118)(H,91,116)(H,92,115)(H,93,122)(H,94,123)(H,95,121)(H,96,119)(H,97,120)(H,98,124)(H,99,100,101,102)/t58-,59+,60+,61+,62+,63+,64-,65+,66+,67+/m1/s1. The first-order valence-electron chi connectivity index (χ1n) is 43.9. The number of hydrogen-bond acceptors (Lipinski definition) is 30. The van der Waals surface area contributed by atoms with Crippen molar-refractivity contribution in [3.63, 3.8) is 0 Å². The van der Waals surface area contributed by atoms with E-state index in [0.717, 1.165) is 47.7 Å². The SMILES string of the molecule is CC(=O)CC[C@H](NC(=O)[C@H](Cc1ccccc1)NC(=O)CN(CCN(C)C)C(=O)[C@H](Cc1cnc[nH]1)NC(=O)[C@H](CCC(N)=O)NC(=O)[C@H](CO)NC(=O)[C@H](CO)NC(=O)[C@H](CCC(N)=O)NC(=O)[C@@H](CO)NC(=O)CNC(=O)COCCOCCNC(=O)COCCOCCNC(=O)CCCCCCCCCCCCCCCc1nn[nH]n1)C(=O)N1C[C@H](O)C[C@H]1C(C)=O. The van der Waals surface area contributed by atoms with Crippen LogP contribution in [0.4, 0.5) is 0 Å². The molecule has 15 amide bonds. The van der Waals surface area contributed by atoms with Crippen molar-refractivity contribution in [2.45, 2.75) is 228 Å². The number of ether oxygens (including phenoxy) is 4. The molecule has 1 aliphatic heterocycles. The van der Waals surface area contributed by atoms with Crippen molar-refractivity contribution in [3.05, 3.63) is 59.9 Å². The smallest absolute Gasteiger partial charge is 0.246 e. The number of ketones is 2. The number of tetrazole rings is 1. The van der Waals surface area contributed by atoms with Crippen LogP contribution in [0.1, 0.15) is 166 Å². The van der Waals surface area contributed by atoms with Crippen LogP contribution in [-0.4, -0.2) is 359 Å². The number of aliphatic hydroxyl groups is 4. The Morgan fingerprint density at radius 1 is 0.508 bits per heavy atom. The average Bonchev–Trinajstić information content (AvgIpc) is 1.74. The zero-order chi connectivity index (χ0) is 95.6. The number of hydrogen-bond donors (Lipinski definition) is 19. The minimum absolute atomic E-state index is 0.00940. The van der Waals surface area contributed by atoms with E-state index in [4.69, 9.17) is 30.4 Å². The van der Waals surface area contributed by atoms with Crippen molar-refractivity contribution in [1.82, 2.24) is 104 Å². The van der Waals surface area contributed by atoms with Gasteiger partial charge in [0, 0.05) is 96.0 Å². The number of primary amides is 2. The number of H-pyrrole nitrogens is 2. The Kier molecular flexibility index (Phi) is 54.8. The van der Waals surface area contributed by atoms with E-state index in [9.17, 15) is 97.1 Å². The zero-order valence-electron chi connectivity index (χ0n) is 74.7. The predicted molar refractivity (Wildman–Crippen MR) is 463 cm³/mol. The van der Waals surface area contributed by atoms with E-state index in [-0.39, 0.29) is 115 Å². The van der Waals surface area contributed by atoms with Crippen molar-refractivity contribution in [1.29, 1.82) is 0 Å². The number of aliphatic hydroxyl groups excluding tert-OH is 4. The summed E-state index contributed by atoms with van der Waals surface area (Å²) in [6.45, 7) is -2.49. The van der Waals surface area contributed by atoms with Gasteiger partial charge in [0.25, 0.3) is 0 Å². The summed E-state index contributed by atoms with van der Waals surface area (Å²) in [5.41, 5.74) is 11.6. The molecule has 0 saturated carbocycles. The molecule has 0 bridgehead atoms. The number of likely N-dealkylation sites (N-methyl/N-ethyl adjacent to an activating group) is 1. The first kappa shape index (κ1) is 111. The van der Waals surface area contributed by atoms with Gasteiger partial charge in [0.05, 0.1) is 91.0 Å². The number of imidazole rings is 1. The lowest BCUT2D eigenvalue weighted by molar-refractivity contribution is -0.142. The van der Waals surface area contributed by atoms with Gasteiger partial charge in [-0.3, -0.25) is 76.7 Å². The number of aromatic nitrogens is 6. The van der Waals surface area contributed by atoms with Gasteiger partial charge in [0.15, 0.2) is 11.6 Å². The van der Waals surface area contributed by atoms with Crippen molar-refractivity contribution >= 4 is 100 Å². The lowest BCUT2D eigenvalue weighted by Crippen LogP contribution is -2.61. The van der Waals surface area contributed by atoms with E-state index < -0.39 is 214 Å². The Bertz CT molecular complexity index is 3980. The average molecular weight is 1840 g/mol. The lowest BCUT2D eigenvalue weighted by atomic mass is 10.0. The number of unbranched alkanes of at least 4 members (excludes halogenated alkanes) is 12. The summed E-state index contributed by atoms with van der Waals surface area (Å²) >= 11 is 0. The van der Waals surface area contributed by atoms with Crippen LogP contribution < -0.4 is 70.0 Å². The van der Waals surface area contributed by atoms with E-state index >= 15 is 4.79 Å². The molecule has 0 radical (unpaired) electrons. The number of aryl methyl sites for hydroxylation is 1. The zero-order valence-corrected chi connectivity index (χ0v) is 74.7. The van der Waals surface area contributed by atoms with E-state index in [1.165, 1.54) is 84.2 Å². The molecule has 0 aliphatic carbocycles. The maximum absolute atomic E-state index is 15.0. The normalized spacial score (nSPS) is 14.8. The molecule has 3 aromatic rings. The molecule has 4 rings (SSSR count). The predicted octanol–water partition coefficient (Wildman–Crippen LogP) is -6.48. The van der Waals surface area contributed by atoms with Crippen LogP contribution in [0.2, 0.25) is 0 Å². The van der Waals surface area contributed by atoms with Crippen molar-refractivity contribution in [3.8, 4) is 0 Å². The van der Waals surface area contributed by atoms with Gasteiger partial charge in [0.2, 0.25) is 88.6 Å². The molecule has 3 heterocycles. The number of nitrogens with zero attached hydrogens (tertiary/aromatic N) is 7. The number of Topliss-reactive ketones (excluding diaryl/α,β-unsaturated/α-hetero) is 2. The van der Waals surface area contributed by atoms with Crippen molar-refractivity contribution in [2.24, 2.45) is 11.5 Å². The number of nitrogens with two attached hydrogens (primary N) is 2. The first-order valence-corrected chi connectivity index (χ1v) is 43.9. The highest BCUT2D eigenvalue weighted by Gasteiger charge is 2.42. The minimum Gasteiger partial charge on any atom is -0.394 e. The molecular formula is C83H134N22O25. The molecule has 726 valence electrons. The fourth-order valence-corrected chi connectivity index (χ4v) is 13.4. The molecule has 2 aromatic heterocycles. The van der Waals surface area contributed by atoms with Gasteiger partial charge in [-0.05, 0) is 65.6 Å². The fraction of sp³-hybridized carbons (Fsp3) is 0.675. The Labute approximate surface area is 754 Å². The highest BCUT2D eigenvalue weighted by atomic mass is 16.5. The van der Waals surface area contributed by atoms with Crippen LogP contribution in [-0.2, 0) is 120 Å². The number of carbonyl (C=O) groups excluding carboxylic acids is 17. The Morgan fingerprint density at radius 3 is 1.48 bits per heavy atom. The minimum atomic E-state index is -2.03. The molecule has 21 N–H and O–H groups in total. The van der Waals surface area contributed by atoms with Crippen LogP contribution >= 0.6 is 0 Å². The summed E-state index contributed by atoms with van der Waals surface area (Å²) < 4.78 is 21.5. The highest BCUT2D eigenvalue weighted by molar-refractivity contribution is 5.99. The summed E-state index contributed by atoms with van der Waals surface area (Å²) in [6.07, 6.45) is 14.8. The third kappa shape index (κ3) is 47.2. The quantitative estimate of drug-likeness (QED) is 0.0234. The van der Waals surface area contributed by atoms with Gasteiger partial charge in [-0.25, -0.2) is 4.98 Å². The number of aromatic amines is 2. The Hall–Kier alpha value is -11.5. The van der Waals surface area contributed by atoms with E-state index in [1.54, 1.807) is 49.3 Å². The second kappa shape index (κ2) is 64.3. The highest BCUT2D eigenvalue weighted by Crippen LogP contribution is 2.22. The second-order valence-electron chi connectivity index (χ2n) is 31.7. The summed E-state index contributed by atoms with van der Waals surface area (Å²) in [5.74, 6) is -14.0. The number of nitrogens with one attached hydrogen (secondary N) is 13. The van der Waals surface area contributed by atoms with Crippen LogP contribution in [0.5, 0.6) is 0 Å². The van der Waals surface area contributed by atoms with Gasteiger partial charge in [-0.15, -0.1) is 10.2 Å². The second-order valence-corrected chi connectivity index (χ2v) is 31.7. The van der Waals surface area contributed by atoms with E-state index in [2.05, 4.69) is 89.1 Å². The lowest BCUT2D eigenvalue weighted by Gasteiger charge is -2.31. The molecular weight excluding hydrogens is 1710 g/mol. The van der Waals surface area contributed by atoms with Crippen LogP contribution in [0, 0.1) is 0 Å². The largest absolute Gasteiger partial charge is 0.394 e. The third-order valence-electron chi connectivity index (χ3n) is 20.5. The van der Waals surface area contributed by atoms with Gasteiger partial charge in [0.1, 0.15) is 67.3 Å². The molecule has 1 aliphatic rings. The van der Waals surface area contributed by atoms with Gasteiger partial charge in [-0.1, -0.05) is 106 Å². The molecule has 47 nitrogen and oxygen atoms in total. The maximum Gasteiger partial charge on any atom is 0.246 e. The molecule has 1 fully saturated rings. The maximum atomic E-state index is 15.0. The first-order chi connectivity index (χ1) is 62.3. The topological polar surface area (TPSA) is 685 Å². The van der Waals surface area contributed by atoms with Gasteiger partial charge >= 0.3 is 0 Å². The number of carbonyl (C=O) groups is 17. The van der Waals surface area contributed by atoms with Crippen LogP contribution in [0.15, 0.2) is 42.9 Å². The van der Waals surface area contributed by atoms with Gasteiger partial charge < -0.3 is 134 Å². The summed E-state index contributed by atoms with van der Waals surface area (Å²) in [6, 6.07) is -6.62. The summed E-state index contributed by atoms with van der Waals surface area (Å²) in [7, 11) is 3.32. The van der Waals surface area contributed by atoms with Crippen molar-refractivity contribution in [2.75, 3.05) is 133 Å². The molecule has 47 heteroatoms. The Balaban J connectivity index is 1.22. The number of benzene rings is 1. The Morgan fingerprint density at radius 2 is 0.977 bits per heavy atom. The summed E-state index contributed by atoms with van der Waals surface area (Å²) in [4.78, 5) is 237. The number of rotatable bonds is 72. The van der Waals surface area contributed by atoms with Crippen LogP contribution in [0.3, 0.4) is 0 Å². The molecule has 0 spiro atoms. The molecule has 1 saturated heterocycles. The molecule has 1 aromatic carbocycles. The monoisotopic (exact) mass is 1840 g/mol. The third-order valence-corrected chi connectivity index (χ3v) is 20.5. The molecule has 10 atom stereocenters. The van der Waals surface area contributed by atoms with Gasteiger partial charge in [-0.2, -0.15) is 5.21 Å². The van der Waals surface area contributed by atoms with E-state index in [0.29, 0.717) is 25.1 Å². The van der Waals surface area contributed by atoms with Crippen LogP contribution in [0.25, 0.3) is 0 Å². The molecule has 130 heavy (non-hydrogen) atoms. The van der Waals surface area contributed by atoms with Crippen molar-refractivity contribution < 1.29 is 121 Å². The fourth-order valence-electron chi connectivity index (χ4n) is 13.4.